The minimum Gasteiger partial charge on any atom is -0.477 e. The van der Waals surface area contributed by atoms with Crippen LogP contribution in [0.3, 0.4) is 0 Å². The number of rotatable bonds is 9. The van der Waals surface area contributed by atoms with Gasteiger partial charge in [-0.3, -0.25) is 0 Å². The zero-order valence-corrected chi connectivity index (χ0v) is 15.6. The van der Waals surface area contributed by atoms with Gasteiger partial charge in [0, 0.05) is 6.04 Å². The molecule has 0 amide bonds. The molecule has 1 atom stereocenters. The monoisotopic (exact) mass is 350 g/mol. The number of aromatic carboxylic acids is 1. The number of carboxylic acid groups (broad SMARTS) is 1. The maximum atomic E-state index is 11.3. The van der Waals surface area contributed by atoms with E-state index in [1.807, 2.05) is 6.92 Å². The van der Waals surface area contributed by atoms with E-state index in [1.54, 1.807) is 0 Å². The molecule has 2 rings (SSSR count). The summed E-state index contributed by atoms with van der Waals surface area (Å²) in [7, 11) is 0. The van der Waals surface area contributed by atoms with Crippen LogP contribution in [0.4, 0.5) is 5.82 Å². The zero-order valence-electron chi connectivity index (χ0n) is 14.8. The molecule has 6 nitrogen and oxygen atoms in total. The number of nitrogens with zero attached hydrogens (tertiary/aromatic N) is 3. The molecule has 0 bridgehead atoms. The highest BCUT2D eigenvalue weighted by Crippen LogP contribution is 2.33. The van der Waals surface area contributed by atoms with Gasteiger partial charge in [0.25, 0.3) is 0 Å². The molecule has 0 aliphatic rings. The fourth-order valence-corrected chi connectivity index (χ4v) is 3.84. The molecule has 0 unspecified atom stereocenters. The van der Waals surface area contributed by atoms with Crippen LogP contribution in [0.5, 0.6) is 0 Å². The fourth-order valence-electron chi connectivity index (χ4n) is 2.85. The maximum absolute atomic E-state index is 11.3. The molecule has 132 valence electrons. The molecule has 0 radical (unpaired) electrons. The summed E-state index contributed by atoms with van der Waals surface area (Å²) in [5.74, 6) is -0.176. The summed E-state index contributed by atoms with van der Waals surface area (Å²) in [6.45, 7) is 11.6. The highest BCUT2D eigenvalue weighted by Gasteiger charge is 2.19. The van der Waals surface area contributed by atoms with Crippen LogP contribution in [0.2, 0.25) is 0 Å². The molecular formula is C17H26N4O2S. The Morgan fingerprint density at radius 2 is 2.08 bits per heavy atom. The summed E-state index contributed by atoms with van der Waals surface area (Å²) in [4.78, 5) is 23.3. The van der Waals surface area contributed by atoms with Gasteiger partial charge >= 0.3 is 5.97 Å². The third kappa shape index (κ3) is 4.21. The van der Waals surface area contributed by atoms with Gasteiger partial charge in [0.15, 0.2) is 0 Å². The maximum Gasteiger partial charge on any atom is 0.346 e. The fraction of sp³-hybridized carbons (Fsp3) is 0.588. The van der Waals surface area contributed by atoms with E-state index in [0.717, 1.165) is 54.1 Å². The van der Waals surface area contributed by atoms with E-state index in [1.165, 1.54) is 17.7 Å². The average Bonchev–Trinajstić information content (AvgIpc) is 2.90. The minimum atomic E-state index is -0.909. The van der Waals surface area contributed by atoms with Crippen molar-refractivity contribution in [2.45, 2.75) is 46.6 Å². The van der Waals surface area contributed by atoms with Gasteiger partial charge in [0.2, 0.25) is 0 Å². The Morgan fingerprint density at radius 1 is 1.38 bits per heavy atom. The number of hydrogen-bond donors (Lipinski definition) is 2. The molecule has 0 saturated heterocycles. The van der Waals surface area contributed by atoms with Crippen LogP contribution in [0.25, 0.3) is 10.2 Å². The molecule has 0 saturated carbocycles. The molecule has 0 spiro atoms. The second-order valence-corrected chi connectivity index (χ2v) is 6.98. The van der Waals surface area contributed by atoms with E-state index in [9.17, 15) is 9.90 Å². The number of fused-ring (bicyclic) bond motifs is 1. The predicted octanol–water partition coefficient (Wildman–Crippen LogP) is 3.62. The number of aryl methyl sites for hydroxylation is 1. The van der Waals surface area contributed by atoms with Crippen molar-refractivity contribution < 1.29 is 9.90 Å². The van der Waals surface area contributed by atoms with Crippen LogP contribution in [-0.4, -0.2) is 51.6 Å². The van der Waals surface area contributed by atoms with Gasteiger partial charge in [0.1, 0.15) is 21.9 Å². The van der Waals surface area contributed by atoms with E-state index in [2.05, 4.69) is 41.0 Å². The summed E-state index contributed by atoms with van der Waals surface area (Å²) in [5.41, 5.74) is 0.737. The number of carbonyl (C=O) groups is 1. The Bertz CT molecular complexity index is 697. The van der Waals surface area contributed by atoms with Crippen LogP contribution in [0.1, 0.15) is 48.8 Å². The van der Waals surface area contributed by atoms with Crippen molar-refractivity contribution >= 4 is 33.3 Å². The Labute approximate surface area is 146 Å². The van der Waals surface area contributed by atoms with Crippen molar-refractivity contribution in [3.05, 3.63) is 16.8 Å². The van der Waals surface area contributed by atoms with E-state index >= 15 is 0 Å². The molecule has 0 aliphatic heterocycles. The molecule has 0 fully saturated rings. The molecule has 2 aromatic heterocycles. The SMILES string of the molecule is CCN(CC)CCC[C@H](C)Nc1ncnc2sc(C(=O)O)c(C)c12. The Kier molecular flexibility index (Phi) is 6.51. The highest BCUT2D eigenvalue weighted by molar-refractivity contribution is 7.20. The van der Waals surface area contributed by atoms with Gasteiger partial charge in [-0.05, 0) is 51.9 Å². The average molecular weight is 350 g/mol. The van der Waals surface area contributed by atoms with E-state index in [0.29, 0.717) is 4.88 Å². The normalized spacial score (nSPS) is 12.7. The van der Waals surface area contributed by atoms with Crippen LogP contribution in [0.15, 0.2) is 6.33 Å². The summed E-state index contributed by atoms with van der Waals surface area (Å²) in [5, 5.41) is 13.6. The van der Waals surface area contributed by atoms with Crippen LogP contribution < -0.4 is 5.32 Å². The predicted molar refractivity (Wildman–Crippen MR) is 99.2 cm³/mol. The third-order valence-electron chi connectivity index (χ3n) is 4.31. The number of hydrogen-bond acceptors (Lipinski definition) is 6. The molecule has 7 heteroatoms. The van der Waals surface area contributed by atoms with Crippen molar-refractivity contribution in [1.29, 1.82) is 0 Å². The first-order valence-electron chi connectivity index (χ1n) is 8.44. The lowest BCUT2D eigenvalue weighted by atomic mass is 10.1. The number of thiophene rings is 1. The Hall–Kier alpha value is -1.73. The van der Waals surface area contributed by atoms with Gasteiger partial charge in [-0.1, -0.05) is 13.8 Å². The van der Waals surface area contributed by atoms with Gasteiger partial charge in [0.05, 0.1) is 5.39 Å². The molecule has 2 aromatic rings. The molecule has 2 heterocycles. The number of anilines is 1. The molecular weight excluding hydrogens is 324 g/mol. The minimum absolute atomic E-state index is 0.270. The second-order valence-electron chi connectivity index (χ2n) is 5.98. The topological polar surface area (TPSA) is 78.3 Å². The smallest absolute Gasteiger partial charge is 0.346 e. The van der Waals surface area contributed by atoms with Crippen molar-refractivity contribution in [3.8, 4) is 0 Å². The lowest BCUT2D eigenvalue weighted by Gasteiger charge is -2.20. The lowest BCUT2D eigenvalue weighted by Crippen LogP contribution is -2.25. The van der Waals surface area contributed by atoms with Gasteiger partial charge in [-0.2, -0.15) is 0 Å². The molecule has 0 aliphatic carbocycles. The molecule has 2 N–H and O–H groups in total. The largest absolute Gasteiger partial charge is 0.477 e. The van der Waals surface area contributed by atoms with E-state index < -0.39 is 5.97 Å². The molecule has 0 aromatic carbocycles. The number of aromatic nitrogens is 2. The van der Waals surface area contributed by atoms with Crippen LogP contribution >= 0.6 is 11.3 Å². The van der Waals surface area contributed by atoms with Gasteiger partial charge < -0.3 is 15.3 Å². The summed E-state index contributed by atoms with van der Waals surface area (Å²) in [6, 6.07) is 0.270. The Morgan fingerprint density at radius 3 is 2.71 bits per heavy atom. The quantitative estimate of drug-likeness (QED) is 0.719. The number of nitrogens with one attached hydrogen (secondary N) is 1. The van der Waals surface area contributed by atoms with Crippen molar-refractivity contribution in [1.82, 2.24) is 14.9 Å². The van der Waals surface area contributed by atoms with Crippen LogP contribution in [0, 0.1) is 6.92 Å². The third-order valence-corrected chi connectivity index (χ3v) is 5.50. The summed E-state index contributed by atoms with van der Waals surface area (Å²) in [6.07, 6.45) is 3.65. The first kappa shape index (κ1) is 18.6. The first-order chi connectivity index (χ1) is 11.5. The zero-order chi connectivity index (χ0) is 17.7. The Balaban J connectivity index is 2.08. The molecule has 24 heavy (non-hydrogen) atoms. The highest BCUT2D eigenvalue weighted by atomic mass is 32.1. The first-order valence-corrected chi connectivity index (χ1v) is 9.25. The van der Waals surface area contributed by atoms with Crippen LogP contribution in [-0.2, 0) is 0 Å². The lowest BCUT2D eigenvalue weighted by molar-refractivity contribution is 0.0701. The number of carboxylic acids is 1. The summed E-state index contributed by atoms with van der Waals surface area (Å²) < 4.78 is 0. The van der Waals surface area contributed by atoms with E-state index in [-0.39, 0.29) is 6.04 Å². The second kappa shape index (κ2) is 8.39. The van der Waals surface area contributed by atoms with E-state index in [4.69, 9.17) is 0 Å². The standard InChI is InChI=1S/C17H26N4O2S/c1-5-21(6-2)9-7-8-11(3)20-15-13-12(4)14(17(22)23)24-16(13)19-10-18-15/h10-11H,5-9H2,1-4H3,(H,22,23)(H,18,19,20)/t11-/m0/s1. The van der Waals surface area contributed by atoms with Crippen molar-refractivity contribution in [2.75, 3.05) is 25.0 Å². The van der Waals surface area contributed by atoms with Crippen molar-refractivity contribution in [2.24, 2.45) is 0 Å². The van der Waals surface area contributed by atoms with Gasteiger partial charge in [-0.15, -0.1) is 11.3 Å². The van der Waals surface area contributed by atoms with Crippen molar-refractivity contribution in [3.63, 3.8) is 0 Å². The summed E-state index contributed by atoms with van der Waals surface area (Å²) >= 11 is 1.20. The van der Waals surface area contributed by atoms with Gasteiger partial charge in [-0.25, -0.2) is 14.8 Å².